The number of hydrogen-bond acceptors (Lipinski definition) is 1. The van der Waals surface area contributed by atoms with E-state index in [-0.39, 0.29) is 5.56 Å². The third kappa shape index (κ3) is 2.82. The minimum Gasteiger partial charge on any atom is -0.345 e. The fraction of sp³-hybridized carbons (Fsp3) is 0.133. The number of rotatable bonds is 3. The number of hydrogen-bond donors (Lipinski definition) is 1. The molecule has 0 saturated heterocycles. The maximum absolute atomic E-state index is 13.6. The van der Waals surface area contributed by atoms with Crippen molar-refractivity contribution in [2.45, 2.75) is 13.0 Å². The summed E-state index contributed by atoms with van der Waals surface area (Å²) in [5, 5.41) is 2.44. The van der Waals surface area contributed by atoms with Gasteiger partial charge in [-0.2, -0.15) is 0 Å². The lowest BCUT2D eigenvalue weighted by Gasteiger charge is -2.15. The molecule has 0 aromatic heterocycles. The van der Waals surface area contributed by atoms with Gasteiger partial charge in [0.05, 0.1) is 11.6 Å². The van der Waals surface area contributed by atoms with E-state index >= 15 is 0 Å². The molecule has 1 unspecified atom stereocenters. The van der Waals surface area contributed by atoms with Gasteiger partial charge in [0.25, 0.3) is 5.91 Å². The molecule has 2 nitrogen and oxygen atoms in total. The molecule has 2 rings (SSSR count). The van der Waals surface area contributed by atoms with Crippen molar-refractivity contribution in [1.29, 1.82) is 0 Å². The second kappa shape index (κ2) is 5.77. The van der Waals surface area contributed by atoms with Gasteiger partial charge in [-0.15, -0.1) is 0 Å². The molecule has 0 bridgehead atoms. The number of carbonyl (C=O) groups excluding carboxylic acids is 1. The molecular weight excluding hydrogens is 267 g/mol. The zero-order valence-corrected chi connectivity index (χ0v) is 10.7. The van der Waals surface area contributed by atoms with Crippen LogP contribution in [-0.4, -0.2) is 5.91 Å². The van der Waals surface area contributed by atoms with Crippen molar-refractivity contribution in [1.82, 2.24) is 5.32 Å². The van der Waals surface area contributed by atoms with Crippen LogP contribution in [0.4, 0.5) is 13.2 Å². The number of benzene rings is 2. The largest absolute Gasteiger partial charge is 0.345 e. The highest BCUT2D eigenvalue weighted by Crippen LogP contribution is 2.18. The Balaban J connectivity index is 2.20. The van der Waals surface area contributed by atoms with Crippen LogP contribution in [0.15, 0.2) is 42.5 Å². The quantitative estimate of drug-likeness (QED) is 0.914. The average molecular weight is 279 g/mol. The summed E-state index contributed by atoms with van der Waals surface area (Å²) in [4.78, 5) is 11.9. The summed E-state index contributed by atoms with van der Waals surface area (Å²) < 4.78 is 40.1. The fourth-order valence-corrected chi connectivity index (χ4v) is 1.86. The van der Waals surface area contributed by atoms with Gasteiger partial charge in [0.15, 0.2) is 11.6 Å². The predicted molar refractivity (Wildman–Crippen MR) is 68.6 cm³/mol. The Hall–Kier alpha value is -2.30. The predicted octanol–water partition coefficient (Wildman–Crippen LogP) is 3.59. The van der Waals surface area contributed by atoms with Gasteiger partial charge in [-0.3, -0.25) is 4.79 Å². The topological polar surface area (TPSA) is 29.1 Å². The summed E-state index contributed by atoms with van der Waals surface area (Å²) >= 11 is 0. The Labute approximate surface area is 114 Å². The van der Waals surface area contributed by atoms with E-state index in [1.165, 1.54) is 30.3 Å². The van der Waals surface area contributed by atoms with E-state index in [9.17, 15) is 18.0 Å². The number of carbonyl (C=O) groups is 1. The third-order valence-electron chi connectivity index (χ3n) is 2.92. The van der Waals surface area contributed by atoms with E-state index in [1.807, 2.05) is 0 Å². The molecule has 104 valence electrons. The van der Waals surface area contributed by atoms with Crippen LogP contribution in [0.3, 0.4) is 0 Å². The van der Waals surface area contributed by atoms with Crippen molar-refractivity contribution >= 4 is 5.91 Å². The van der Waals surface area contributed by atoms with Crippen LogP contribution in [-0.2, 0) is 0 Å². The normalized spacial score (nSPS) is 12.0. The molecule has 0 spiro atoms. The van der Waals surface area contributed by atoms with E-state index in [1.54, 1.807) is 13.0 Å². The summed E-state index contributed by atoms with van der Waals surface area (Å²) in [5.41, 5.74) is -0.133. The monoisotopic (exact) mass is 279 g/mol. The molecule has 0 fully saturated rings. The molecule has 2 aromatic carbocycles. The summed E-state index contributed by atoms with van der Waals surface area (Å²) in [7, 11) is 0. The molecule has 2 aromatic rings. The van der Waals surface area contributed by atoms with E-state index in [0.29, 0.717) is 0 Å². The fourth-order valence-electron chi connectivity index (χ4n) is 1.86. The molecule has 1 N–H and O–H groups in total. The van der Waals surface area contributed by atoms with Gasteiger partial charge in [-0.05, 0) is 25.1 Å². The summed E-state index contributed by atoms with van der Waals surface area (Å²) in [6.07, 6.45) is 0. The molecule has 0 aliphatic rings. The summed E-state index contributed by atoms with van der Waals surface area (Å²) in [6, 6.07) is 8.60. The highest BCUT2D eigenvalue weighted by molar-refractivity contribution is 5.94. The molecule has 0 heterocycles. The molecule has 0 radical (unpaired) electrons. The van der Waals surface area contributed by atoms with Gasteiger partial charge in [-0.25, -0.2) is 13.2 Å². The third-order valence-corrected chi connectivity index (χ3v) is 2.92. The summed E-state index contributed by atoms with van der Waals surface area (Å²) in [5.74, 6) is -3.58. The van der Waals surface area contributed by atoms with Gasteiger partial charge in [0.1, 0.15) is 5.82 Å². The van der Waals surface area contributed by atoms with Crippen molar-refractivity contribution in [3.63, 3.8) is 0 Å². The highest BCUT2D eigenvalue weighted by Gasteiger charge is 2.18. The Morgan fingerprint density at radius 3 is 2.35 bits per heavy atom. The van der Waals surface area contributed by atoms with E-state index in [0.717, 1.165) is 6.07 Å². The second-order valence-electron chi connectivity index (χ2n) is 4.32. The molecule has 1 amide bonds. The molecule has 5 heteroatoms. The van der Waals surface area contributed by atoms with Gasteiger partial charge in [-0.1, -0.05) is 24.3 Å². The van der Waals surface area contributed by atoms with Crippen LogP contribution in [0.5, 0.6) is 0 Å². The smallest absolute Gasteiger partial charge is 0.254 e. The maximum atomic E-state index is 13.6. The summed E-state index contributed by atoms with van der Waals surface area (Å²) in [6.45, 7) is 1.56. The molecular formula is C15H12F3NO. The van der Waals surface area contributed by atoms with Crippen LogP contribution < -0.4 is 5.32 Å². The SMILES string of the molecule is CC(NC(=O)c1cccc(F)c1F)c1ccccc1F. The number of halogens is 3. The first-order chi connectivity index (χ1) is 9.50. The van der Waals surface area contributed by atoms with Crippen LogP contribution in [0.25, 0.3) is 0 Å². The second-order valence-corrected chi connectivity index (χ2v) is 4.32. The zero-order chi connectivity index (χ0) is 14.7. The Bertz CT molecular complexity index is 643. The molecule has 0 saturated carbocycles. The first kappa shape index (κ1) is 14.1. The minimum atomic E-state index is -1.22. The first-order valence-corrected chi connectivity index (χ1v) is 6.00. The van der Waals surface area contributed by atoms with Crippen molar-refractivity contribution in [2.75, 3.05) is 0 Å². The highest BCUT2D eigenvalue weighted by atomic mass is 19.2. The maximum Gasteiger partial charge on any atom is 0.254 e. The Morgan fingerprint density at radius 1 is 1.00 bits per heavy atom. The molecule has 0 aliphatic heterocycles. The van der Waals surface area contributed by atoms with Gasteiger partial charge in [0, 0.05) is 5.56 Å². The molecule has 0 aliphatic carbocycles. The van der Waals surface area contributed by atoms with Crippen molar-refractivity contribution in [3.05, 3.63) is 71.0 Å². The number of nitrogens with one attached hydrogen (secondary N) is 1. The standard InChI is InChI=1S/C15H12F3NO/c1-9(10-5-2-3-7-12(10)16)19-15(20)11-6-4-8-13(17)14(11)18/h2-9H,1H3,(H,19,20). The van der Waals surface area contributed by atoms with Crippen LogP contribution in [0.1, 0.15) is 28.9 Å². The van der Waals surface area contributed by atoms with E-state index in [4.69, 9.17) is 0 Å². The van der Waals surface area contributed by atoms with E-state index < -0.39 is 35.0 Å². The van der Waals surface area contributed by atoms with Gasteiger partial charge in [0.2, 0.25) is 0 Å². The first-order valence-electron chi connectivity index (χ1n) is 6.00. The Kier molecular flexibility index (Phi) is 4.08. The van der Waals surface area contributed by atoms with Gasteiger partial charge < -0.3 is 5.32 Å². The lowest BCUT2D eigenvalue weighted by Crippen LogP contribution is -2.28. The van der Waals surface area contributed by atoms with Crippen LogP contribution in [0, 0.1) is 17.5 Å². The lowest BCUT2D eigenvalue weighted by molar-refractivity contribution is 0.0934. The van der Waals surface area contributed by atoms with Crippen LogP contribution in [0.2, 0.25) is 0 Å². The lowest BCUT2D eigenvalue weighted by atomic mass is 10.1. The van der Waals surface area contributed by atoms with Crippen molar-refractivity contribution in [3.8, 4) is 0 Å². The van der Waals surface area contributed by atoms with Crippen molar-refractivity contribution < 1.29 is 18.0 Å². The van der Waals surface area contributed by atoms with Crippen LogP contribution >= 0.6 is 0 Å². The van der Waals surface area contributed by atoms with E-state index in [2.05, 4.69) is 5.32 Å². The number of amides is 1. The average Bonchev–Trinajstić information content (AvgIpc) is 2.42. The molecule has 1 atom stereocenters. The van der Waals surface area contributed by atoms with Gasteiger partial charge >= 0.3 is 0 Å². The zero-order valence-electron chi connectivity index (χ0n) is 10.7. The van der Waals surface area contributed by atoms with Crippen molar-refractivity contribution in [2.24, 2.45) is 0 Å². The Morgan fingerprint density at radius 2 is 1.65 bits per heavy atom. The minimum absolute atomic E-state index is 0.276. The molecule has 20 heavy (non-hydrogen) atoms.